The van der Waals surface area contributed by atoms with Crippen LogP contribution in [0.4, 0.5) is 27.6 Å². The van der Waals surface area contributed by atoms with Gasteiger partial charge in [0.05, 0.1) is 22.5 Å². The summed E-state index contributed by atoms with van der Waals surface area (Å²) in [6.45, 7) is 1.55. The molecule has 2 aromatic carbocycles. The molecule has 3 aromatic rings. The molecule has 29 heavy (non-hydrogen) atoms. The standard InChI is InChI=1S/C19H14F5N3OS/c1-10-16(17(28)25-15-7-6-12(20)9-14(15)21)18(27(2)26-10)29-13-5-3-4-11(8-13)19(22,23)24/h3-9H,1-2H3,(H,25,28). The van der Waals surface area contributed by atoms with Gasteiger partial charge in [-0.25, -0.2) is 8.78 Å². The number of hydrogen-bond donors (Lipinski definition) is 1. The summed E-state index contributed by atoms with van der Waals surface area (Å²) >= 11 is 0.923. The van der Waals surface area contributed by atoms with E-state index in [-0.39, 0.29) is 21.2 Å². The Hall–Kier alpha value is -2.88. The molecule has 0 spiro atoms. The minimum Gasteiger partial charge on any atom is -0.319 e. The third-order valence-corrected chi connectivity index (χ3v) is 5.10. The lowest BCUT2D eigenvalue weighted by Crippen LogP contribution is -2.15. The van der Waals surface area contributed by atoms with Gasteiger partial charge in [-0.2, -0.15) is 18.3 Å². The molecule has 1 amide bonds. The topological polar surface area (TPSA) is 46.9 Å². The van der Waals surface area contributed by atoms with Crippen LogP contribution in [0.15, 0.2) is 52.4 Å². The van der Waals surface area contributed by atoms with Crippen molar-refractivity contribution in [2.75, 3.05) is 5.32 Å². The van der Waals surface area contributed by atoms with Crippen molar-refractivity contribution in [2.24, 2.45) is 7.05 Å². The minimum atomic E-state index is -4.50. The van der Waals surface area contributed by atoms with Crippen LogP contribution in [0.5, 0.6) is 0 Å². The molecule has 0 saturated carbocycles. The van der Waals surface area contributed by atoms with E-state index < -0.39 is 29.3 Å². The fourth-order valence-electron chi connectivity index (χ4n) is 2.64. The van der Waals surface area contributed by atoms with Crippen molar-refractivity contribution in [2.45, 2.75) is 23.0 Å². The molecule has 4 nitrogen and oxygen atoms in total. The second-order valence-electron chi connectivity index (χ2n) is 6.10. The van der Waals surface area contributed by atoms with E-state index in [0.717, 1.165) is 36.0 Å². The molecule has 0 aliphatic carbocycles. The largest absolute Gasteiger partial charge is 0.416 e. The summed E-state index contributed by atoms with van der Waals surface area (Å²) in [6, 6.07) is 7.36. The molecule has 152 valence electrons. The van der Waals surface area contributed by atoms with Crippen LogP contribution in [0.25, 0.3) is 0 Å². The summed E-state index contributed by atoms with van der Waals surface area (Å²) in [5.41, 5.74) is -0.656. The molecule has 0 aliphatic heterocycles. The summed E-state index contributed by atoms with van der Waals surface area (Å²) in [5, 5.41) is 6.76. The summed E-state index contributed by atoms with van der Waals surface area (Å²) in [5.74, 6) is -2.46. The van der Waals surface area contributed by atoms with E-state index in [1.807, 2.05) is 0 Å². The number of rotatable bonds is 4. The van der Waals surface area contributed by atoms with Gasteiger partial charge in [-0.1, -0.05) is 17.8 Å². The first-order valence-corrected chi connectivity index (χ1v) is 9.03. The van der Waals surface area contributed by atoms with Crippen molar-refractivity contribution in [3.63, 3.8) is 0 Å². The first-order chi connectivity index (χ1) is 13.6. The maximum atomic E-state index is 13.8. The van der Waals surface area contributed by atoms with E-state index in [9.17, 15) is 26.7 Å². The highest BCUT2D eigenvalue weighted by Crippen LogP contribution is 2.36. The number of hydrogen-bond acceptors (Lipinski definition) is 3. The Morgan fingerprint density at radius 1 is 1.14 bits per heavy atom. The van der Waals surface area contributed by atoms with Gasteiger partial charge in [0.15, 0.2) is 0 Å². The highest BCUT2D eigenvalue weighted by molar-refractivity contribution is 7.99. The first kappa shape index (κ1) is 20.8. The van der Waals surface area contributed by atoms with Gasteiger partial charge in [-0.05, 0) is 37.3 Å². The number of halogens is 5. The van der Waals surface area contributed by atoms with Gasteiger partial charge >= 0.3 is 6.18 Å². The van der Waals surface area contributed by atoms with Crippen molar-refractivity contribution in [3.8, 4) is 0 Å². The zero-order chi connectivity index (χ0) is 21.3. The summed E-state index contributed by atoms with van der Waals surface area (Å²) in [7, 11) is 1.54. The molecule has 0 saturated heterocycles. The number of alkyl halides is 3. The Bertz CT molecular complexity index is 1080. The van der Waals surface area contributed by atoms with Crippen LogP contribution in [-0.4, -0.2) is 15.7 Å². The monoisotopic (exact) mass is 427 g/mol. The molecular formula is C19H14F5N3OS. The SMILES string of the molecule is Cc1nn(C)c(Sc2cccc(C(F)(F)F)c2)c1C(=O)Nc1ccc(F)cc1F. The predicted molar refractivity (Wildman–Crippen MR) is 97.8 cm³/mol. The molecular weight excluding hydrogens is 413 g/mol. The third-order valence-electron chi connectivity index (χ3n) is 3.95. The Morgan fingerprint density at radius 3 is 2.52 bits per heavy atom. The normalized spacial score (nSPS) is 11.6. The summed E-state index contributed by atoms with van der Waals surface area (Å²) in [6.07, 6.45) is -4.50. The van der Waals surface area contributed by atoms with Crippen LogP contribution >= 0.6 is 11.8 Å². The second-order valence-corrected chi connectivity index (χ2v) is 7.16. The van der Waals surface area contributed by atoms with Crippen molar-refractivity contribution < 1.29 is 26.7 Å². The zero-order valence-corrected chi connectivity index (χ0v) is 16.0. The fraction of sp³-hybridized carbons (Fsp3) is 0.158. The van der Waals surface area contributed by atoms with Crippen molar-refractivity contribution in [1.29, 1.82) is 0 Å². The van der Waals surface area contributed by atoms with Crippen LogP contribution in [0, 0.1) is 18.6 Å². The maximum Gasteiger partial charge on any atom is 0.416 e. The van der Waals surface area contributed by atoms with Gasteiger partial charge in [-0.15, -0.1) is 0 Å². The first-order valence-electron chi connectivity index (χ1n) is 8.21. The summed E-state index contributed by atoms with van der Waals surface area (Å²) in [4.78, 5) is 13.0. The van der Waals surface area contributed by atoms with E-state index in [1.165, 1.54) is 23.9 Å². The number of carbonyl (C=O) groups is 1. The Balaban J connectivity index is 1.93. The molecule has 0 unspecified atom stereocenters. The van der Waals surface area contributed by atoms with Crippen molar-refractivity contribution >= 4 is 23.4 Å². The van der Waals surface area contributed by atoms with Gasteiger partial charge in [0, 0.05) is 18.0 Å². The van der Waals surface area contributed by atoms with Gasteiger partial charge in [0.2, 0.25) is 0 Å². The number of benzene rings is 2. The van der Waals surface area contributed by atoms with Crippen molar-refractivity contribution in [3.05, 3.63) is 70.9 Å². The smallest absolute Gasteiger partial charge is 0.319 e. The van der Waals surface area contributed by atoms with Gasteiger partial charge in [0.25, 0.3) is 5.91 Å². The van der Waals surface area contributed by atoms with E-state index in [2.05, 4.69) is 10.4 Å². The van der Waals surface area contributed by atoms with Crippen LogP contribution in [0.3, 0.4) is 0 Å². The lowest BCUT2D eigenvalue weighted by atomic mass is 10.2. The third kappa shape index (κ3) is 4.58. The lowest BCUT2D eigenvalue weighted by molar-refractivity contribution is -0.137. The van der Waals surface area contributed by atoms with E-state index in [0.29, 0.717) is 11.8 Å². The van der Waals surface area contributed by atoms with Crippen LogP contribution in [-0.2, 0) is 13.2 Å². The number of nitrogens with zero attached hydrogens (tertiary/aromatic N) is 2. The highest BCUT2D eigenvalue weighted by Gasteiger charge is 2.31. The molecule has 0 bridgehead atoms. The maximum absolute atomic E-state index is 13.8. The lowest BCUT2D eigenvalue weighted by Gasteiger charge is -2.10. The van der Waals surface area contributed by atoms with Crippen molar-refractivity contribution in [1.82, 2.24) is 9.78 Å². The average molecular weight is 427 g/mol. The Morgan fingerprint density at radius 2 is 1.86 bits per heavy atom. The molecule has 1 heterocycles. The van der Waals surface area contributed by atoms with Crippen LogP contribution in [0.1, 0.15) is 21.6 Å². The molecule has 10 heteroatoms. The molecule has 0 aliphatic rings. The van der Waals surface area contributed by atoms with Gasteiger partial charge in [-0.3, -0.25) is 9.48 Å². The molecule has 3 rings (SSSR count). The number of aromatic nitrogens is 2. The van der Waals surface area contributed by atoms with Gasteiger partial charge < -0.3 is 5.32 Å². The predicted octanol–water partition coefficient (Wildman–Crippen LogP) is 5.43. The number of nitrogens with one attached hydrogen (secondary N) is 1. The fourth-order valence-corrected chi connectivity index (χ4v) is 3.71. The number of anilines is 1. The molecule has 1 N–H and O–H groups in total. The van der Waals surface area contributed by atoms with Crippen LogP contribution in [0.2, 0.25) is 0 Å². The quantitative estimate of drug-likeness (QED) is 0.565. The Labute approximate surface area is 166 Å². The van der Waals surface area contributed by atoms with E-state index in [1.54, 1.807) is 6.92 Å². The zero-order valence-electron chi connectivity index (χ0n) is 15.1. The number of amides is 1. The molecule has 1 aromatic heterocycles. The van der Waals surface area contributed by atoms with Gasteiger partial charge in [0.1, 0.15) is 16.7 Å². The summed E-state index contributed by atoms with van der Waals surface area (Å²) < 4.78 is 67.1. The highest BCUT2D eigenvalue weighted by atomic mass is 32.2. The molecule has 0 radical (unpaired) electrons. The molecule has 0 fully saturated rings. The van der Waals surface area contributed by atoms with Crippen LogP contribution < -0.4 is 5.32 Å². The van der Waals surface area contributed by atoms with E-state index in [4.69, 9.17) is 0 Å². The minimum absolute atomic E-state index is 0.0821. The van der Waals surface area contributed by atoms with E-state index >= 15 is 0 Å². The average Bonchev–Trinajstić information content (AvgIpc) is 2.90. The Kier molecular flexibility index (Phi) is 5.65. The number of aryl methyl sites for hydroxylation is 2. The second kappa shape index (κ2) is 7.86. The molecule has 0 atom stereocenters. The number of carbonyl (C=O) groups excluding carboxylic acids is 1.